The minimum atomic E-state index is 0.643. The molecule has 1 saturated heterocycles. The van der Waals surface area contributed by atoms with E-state index in [0.29, 0.717) is 11.5 Å². The molecule has 2 rings (SSSR count). The predicted molar refractivity (Wildman–Crippen MR) is 78.9 cm³/mol. The van der Waals surface area contributed by atoms with Crippen molar-refractivity contribution in [2.75, 3.05) is 19.6 Å². The van der Waals surface area contributed by atoms with Crippen molar-refractivity contribution in [2.24, 2.45) is 11.3 Å². The molecule has 1 aliphatic carbocycles. The standard InChI is InChI=1S/C16H32N2/c1-5-16(8-6-7-9-16)12-18-11-14(4)17-10-15(18)13(2)3/h13-15,17H,5-12H2,1-4H3. The number of piperazine rings is 1. The lowest BCUT2D eigenvalue weighted by Gasteiger charge is -2.45. The highest BCUT2D eigenvalue weighted by molar-refractivity contribution is 4.92. The maximum atomic E-state index is 3.66. The predicted octanol–water partition coefficient (Wildman–Crippen LogP) is 3.28. The first-order valence-electron chi connectivity index (χ1n) is 8.04. The van der Waals surface area contributed by atoms with E-state index in [1.165, 1.54) is 51.7 Å². The molecule has 1 N–H and O–H groups in total. The van der Waals surface area contributed by atoms with Crippen LogP contribution < -0.4 is 5.32 Å². The molecule has 0 aromatic carbocycles. The van der Waals surface area contributed by atoms with Crippen molar-refractivity contribution in [2.45, 2.75) is 71.9 Å². The van der Waals surface area contributed by atoms with Crippen LogP contribution in [0.25, 0.3) is 0 Å². The van der Waals surface area contributed by atoms with E-state index >= 15 is 0 Å². The summed E-state index contributed by atoms with van der Waals surface area (Å²) in [4.78, 5) is 2.81. The Morgan fingerprint density at radius 1 is 1.28 bits per heavy atom. The summed E-state index contributed by atoms with van der Waals surface area (Å²) >= 11 is 0. The second kappa shape index (κ2) is 5.92. The third kappa shape index (κ3) is 3.08. The quantitative estimate of drug-likeness (QED) is 0.826. The van der Waals surface area contributed by atoms with Gasteiger partial charge in [0.25, 0.3) is 0 Å². The van der Waals surface area contributed by atoms with Gasteiger partial charge in [-0.15, -0.1) is 0 Å². The second-order valence-corrected chi connectivity index (χ2v) is 7.11. The molecule has 2 fully saturated rings. The molecule has 2 heteroatoms. The van der Waals surface area contributed by atoms with Gasteiger partial charge in [-0.1, -0.05) is 33.6 Å². The van der Waals surface area contributed by atoms with E-state index in [9.17, 15) is 0 Å². The molecule has 0 amide bonds. The third-order valence-electron chi connectivity index (χ3n) is 5.38. The van der Waals surface area contributed by atoms with Gasteiger partial charge in [0.2, 0.25) is 0 Å². The zero-order chi connectivity index (χ0) is 13.2. The van der Waals surface area contributed by atoms with Crippen molar-refractivity contribution in [3.05, 3.63) is 0 Å². The largest absolute Gasteiger partial charge is 0.311 e. The van der Waals surface area contributed by atoms with Crippen LogP contribution in [0.1, 0.15) is 59.8 Å². The fourth-order valence-electron chi connectivity index (χ4n) is 4.02. The Balaban J connectivity index is 2.03. The molecule has 0 aromatic rings. The molecule has 106 valence electrons. The maximum Gasteiger partial charge on any atom is 0.0244 e. The van der Waals surface area contributed by atoms with E-state index in [1.807, 2.05) is 0 Å². The molecule has 1 saturated carbocycles. The molecule has 2 nitrogen and oxygen atoms in total. The van der Waals surface area contributed by atoms with Crippen LogP contribution in [0, 0.1) is 11.3 Å². The maximum absolute atomic E-state index is 3.66. The average molecular weight is 252 g/mol. The van der Waals surface area contributed by atoms with Gasteiger partial charge < -0.3 is 5.32 Å². The van der Waals surface area contributed by atoms with Crippen LogP contribution in [0.4, 0.5) is 0 Å². The van der Waals surface area contributed by atoms with Crippen LogP contribution >= 0.6 is 0 Å². The monoisotopic (exact) mass is 252 g/mol. The molecular formula is C16H32N2. The molecule has 0 radical (unpaired) electrons. The lowest BCUT2D eigenvalue weighted by molar-refractivity contribution is 0.0516. The highest BCUT2D eigenvalue weighted by Crippen LogP contribution is 2.42. The molecular weight excluding hydrogens is 220 g/mol. The molecule has 0 aromatic heterocycles. The van der Waals surface area contributed by atoms with Crippen molar-refractivity contribution >= 4 is 0 Å². The molecule has 1 heterocycles. The molecule has 18 heavy (non-hydrogen) atoms. The van der Waals surface area contributed by atoms with E-state index in [1.54, 1.807) is 0 Å². The first kappa shape index (κ1) is 14.3. The van der Waals surface area contributed by atoms with Gasteiger partial charge in [0.1, 0.15) is 0 Å². The van der Waals surface area contributed by atoms with Gasteiger partial charge in [-0.05, 0) is 37.5 Å². The highest BCUT2D eigenvalue weighted by atomic mass is 15.2. The van der Waals surface area contributed by atoms with Crippen LogP contribution in [0.3, 0.4) is 0 Å². The fourth-order valence-corrected chi connectivity index (χ4v) is 4.02. The number of hydrogen-bond acceptors (Lipinski definition) is 2. The summed E-state index contributed by atoms with van der Waals surface area (Å²) in [5, 5.41) is 3.66. The summed E-state index contributed by atoms with van der Waals surface area (Å²) < 4.78 is 0. The minimum Gasteiger partial charge on any atom is -0.311 e. The van der Waals surface area contributed by atoms with Gasteiger partial charge in [-0.2, -0.15) is 0 Å². The van der Waals surface area contributed by atoms with Crippen molar-refractivity contribution in [1.82, 2.24) is 10.2 Å². The van der Waals surface area contributed by atoms with Gasteiger partial charge in [-0.3, -0.25) is 4.90 Å². The second-order valence-electron chi connectivity index (χ2n) is 7.11. The van der Waals surface area contributed by atoms with Gasteiger partial charge in [-0.25, -0.2) is 0 Å². The van der Waals surface area contributed by atoms with Crippen LogP contribution in [0.2, 0.25) is 0 Å². The lowest BCUT2D eigenvalue weighted by atomic mass is 9.81. The number of nitrogens with one attached hydrogen (secondary N) is 1. The Morgan fingerprint density at radius 2 is 1.94 bits per heavy atom. The first-order valence-corrected chi connectivity index (χ1v) is 8.04. The van der Waals surface area contributed by atoms with Crippen LogP contribution in [-0.4, -0.2) is 36.6 Å². The van der Waals surface area contributed by atoms with Crippen LogP contribution in [0.5, 0.6) is 0 Å². The van der Waals surface area contributed by atoms with E-state index in [4.69, 9.17) is 0 Å². The Hall–Kier alpha value is -0.0800. The van der Waals surface area contributed by atoms with E-state index in [2.05, 4.69) is 37.9 Å². The van der Waals surface area contributed by atoms with Crippen molar-refractivity contribution in [3.8, 4) is 0 Å². The van der Waals surface area contributed by atoms with E-state index < -0.39 is 0 Å². The molecule has 2 unspecified atom stereocenters. The van der Waals surface area contributed by atoms with E-state index in [0.717, 1.165) is 12.0 Å². The summed E-state index contributed by atoms with van der Waals surface area (Å²) in [6, 6.07) is 1.40. The Bertz CT molecular complexity index is 256. The molecule has 0 bridgehead atoms. The first-order chi connectivity index (χ1) is 8.56. The topological polar surface area (TPSA) is 15.3 Å². The van der Waals surface area contributed by atoms with E-state index in [-0.39, 0.29) is 0 Å². The Kier molecular flexibility index (Phi) is 4.71. The summed E-state index contributed by atoms with van der Waals surface area (Å²) in [6.45, 7) is 13.3. The van der Waals surface area contributed by atoms with Crippen molar-refractivity contribution in [1.29, 1.82) is 0 Å². The van der Waals surface area contributed by atoms with Crippen LogP contribution in [-0.2, 0) is 0 Å². The summed E-state index contributed by atoms with van der Waals surface area (Å²) in [7, 11) is 0. The number of hydrogen-bond donors (Lipinski definition) is 1. The minimum absolute atomic E-state index is 0.643. The summed E-state index contributed by atoms with van der Waals surface area (Å²) in [5.41, 5.74) is 0.643. The van der Waals surface area contributed by atoms with Gasteiger partial charge in [0.05, 0.1) is 0 Å². The molecule has 2 aliphatic rings. The molecule has 0 spiro atoms. The summed E-state index contributed by atoms with van der Waals surface area (Å²) in [5.74, 6) is 0.764. The molecule has 1 aliphatic heterocycles. The normalized spacial score (nSPS) is 33.2. The fraction of sp³-hybridized carbons (Fsp3) is 1.00. The number of rotatable bonds is 4. The molecule has 2 atom stereocenters. The zero-order valence-electron chi connectivity index (χ0n) is 12.8. The van der Waals surface area contributed by atoms with Crippen LogP contribution in [0.15, 0.2) is 0 Å². The lowest BCUT2D eigenvalue weighted by Crippen LogP contribution is -2.59. The third-order valence-corrected chi connectivity index (χ3v) is 5.38. The van der Waals surface area contributed by atoms with Gasteiger partial charge in [0.15, 0.2) is 0 Å². The smallest absolute Gasteiger partial charge is 0.0244 e. The number of nitrogens with zero attached hydrogens (tertiary/aromatic N) is 1. The zero-order valence-corrected chi connectivity index (χ0v) is 12.8. The Labute approximate surface area is 114 Å². The Morgan fingerprint density at radius 3 is 2.50 bits per heavy atom. The van der Waals surface area contributed by atoms with Crippen molar-refractivity contribution < 1.29 is 0 Å². The van der Waals surface area contributed by atoms with Crippen molar-refractivity contribution in [3.63, 3.8) is 0 Å². The highest BCUT2D eigenvalue weighted by Gasteiger charge is 2.37. The van der Waals surface area contributed by atoms with Gasteiger partial charge >= 0.3 is 0 Å². The summed E-state index contributed by atoms with van der Waals surface area (Å²) in [6.07, 6.45) is 7.22. The SMILES string of the molecule is CCC1(CN2CC(C)NCC2C(C)C)CCCC1. The average Bonchev–Trinajstić information content (AvgIpc) is 2.78. The van der Waals surface area contributed by atoms with Gasteiger partial charge in [0, 0.05) is 31.7 Å².